The van der Waals surface area contributed by atoms with Crippen molar-refractivity contribution in [3.8, 4) is 11.5 Å². The lowest BCUT2D eigenvalue weighted by molar-refractivity contribution is -0.392. The summed E-state index contributed by atoms with van der Waals surface area (Å²) >= 11 is 12.6. The molecule has 8 rings (SSSR count). The fourth-order valence-electron chi connectivity index (χ4n) is 9.73. The molecule has 4 aliphatic rings. The lowest BCUT2D eigenvalue weighted by atomic mass is 9.49. The summed E-state index contributed by atoms with van der Waals surface area (Å²) in [5.41, 5.74) is -2.28. The number of phenols is 1. The van der Waals surface area contributed by atoms with Gasteiger partial charge in [0.15, 0.2) is 11.5 Å². The van der Waals surface area contributed by atoms with Gasteiger partial charge in [0.2, 0.25) is 11.8 Å². The van der Waals surface area contributed by atoms with Crippen molar-refractivity contribution in [3.05, 3.63) is 125 Å². The van der Waals surface area contributed by atoms with Crippen molar-refractivity contribution in [2.24, 2.45) is 23.7 Å². The average molecular weight is 911 g/mol. The second-order valence-corrected chi connectivity index (χ2v) is 16.4. The third-order valence-electron chi connectivity index (χ3n) is 12.3. The summed E-state index contributed by atoms with van der Waals surface area (Å²) in [7, 11) is 4.07. The van der Waals surface area contributed by atoms with Crippen LogP contribution in [0.15, 0.2) is 78.5 Å². The number of ether oxygens (including phenoxy) is 1. The van der Waals surface area contributed by atoms with Gasteiger partial charge in [-0.3, -0.25) is 44.8 Å². The molecule has 326 valence electrons. The summed E-state index contributed by atoms with van der Waals surface area (Å²) in [6.45, 7) is 0. The van der Waals surface area contributed by atoms with Gasteiger partial charge in [0.05, 0.1) is 56.4 Å². The number of imide groups is 2. The third-order valence-corrected chi connectivity index (χ3v) is 12.8. The van der Waals surface area contributed by atoms with Crippen molar-refractivity contribution in [2.45, 2.75) is 30.4 Å². The molecule has 63 heavy (non-hydrogen) atoms. The number of nitro groups is 2. The molecule has 6 atom stereocenters. The van der Waals surface area contributed by atoms with Gasteiger partial charge in [-0.2, -0.15) is 18.2 Å². The molecule has 0 radical (unpaired) electrons. The number of phenolic OH excluding ortho intramolecular Hbond substituents is 1. The maximum Gasteiger partial charge on any atom is 0.417 e. The number of hydrogen-bond acceptors (Lipinski definition) is 13. The number of nitro benzene ring substituents is 2. The highest BCUT2D eigenvalue weighted by Gasteiger charge is 2.71. The van der Waals surface area contributed by atoms with Crippen LogP contribution in [0.1, 0.15) is 35.4 Å². The van der Waals surface area contributed by atoms with Crippen LogP contribution in [0.5, 0.6) is 11.5 Å². The highest BCUT2D eigenvalue weighted by Crippen LogP contribution is 2.65. The summed E-state index contributed by atoms with van der Waals surface area (Å²) in [5, 5.41) is 36.5. The number of rotatable bonds is 9. The lowest BCUT2D eigenvalue weighted by Gasteiger charge is -2.50. The molecule has 0 bridgehead atoms. The van der Waals surface area contributed by atoms with Crippen LogP contribution in [0.25, 0.3) is 0 Å². The number of fused-ring (bicyclic) bond motifs is 4. The number of amides is 4. The summed E-state index contributed by atoms with van der Waals surface area (Å²) in [6, 6.07) is 12.6. The molecule has 4 aromatic rings. The highest BCUT2D eigenvalue weighted by molar-refractivity contribution is 6.33. The second-order valence-electron chi connectivity index (χ2n) is 15.6. The number of hydrogen-bond donors (Lipinski definition) is 2. The normalized spacial score (nSPS) is 24.1. The molecular weight excluding hydrogens is 878 g/mol. The molecule has 2 N–H and O–H groups in total. The van der Waals surface area contributed by atoms with Crippen molar-refractivity contribution in [1.82, 2.24) is 9.99 Å². The Morgan fingerprint density at radius 1 is 0.937 bits per heavy atom. The first-order chi connectivity index (χ1) is 29.7. The quantitative estimate of drug-likeness (QED) is 0.0736. The Kier molecular flexibility index (Phi) is 10.4. The van der Waals surface area contributed by atoms with Gasteiger partial charge in [-0.15, -0.1) is 0 Å². The zero-order chi connectivity index (χ0) is 45.6. The number of halogens is 5. The van der Waals surface area contributed by atoms with Crippen LogP contribution in [0.3, 0.4) is 0 Å². The maximum atomic E-state index is 15.4. The molecule has 17 nitrogen and oxygen atoms in total. The number of anilines is 3. The smallest absolute Gasteiger partial charge is 0.417 e. The van der Waals surface area contributed by atoms with Gasteiger partial charge in [0.25, 0.3) is 11.8 Å². The minimum absolute atomic E-state index is 0.0954. The number of aromatic hydroxyl groups is 1. The number of aromatic nitrogens is 1. The van der Waals surface area contributed by atoms with Gasteiger partial charge in [0, 0.05) is 55.0 Å². The predicted octanol–water partition coefficient (Wildman–Crippen LogP) is 7.19. The van der Waals surface area contributed by atoms with Gasteiger partial charge >= 0.3 is 17.6 Å². The van der Waals surface area contributed by atoms with E-state index in [0.717, 1.165) is 17.0 Å². The zero-order valence-electron chi connectivity index (χ0n) is 32.9. The second kappa shape index (κ2) is 15.2. The van der Waals surface area contributed by atoms with Gasteiger partial charge in [0.1, 0.15) is 11.5 Å². The van der Waals surface area contributed by atoms with Crippen molar-refractivity contribution in [1.29, 1.82) is 0 Å². The molecule has 2 saturated heterocycles. The minimum atomic E-state index is -4.83. The Hall–Kier alpha value is -6.80. The monoisotopic (exact) mass is 909 g/mol. The maximum absolute atomic E-state index is 15.4. The number of nitrogens with zero attached hydrogens (tertiary/aromatic N) is 6. The number of methoxy groups -OCH3 is 1. The molecular formula is C41H32Cl2F3N7O10. The van der Waals surface area contributed by atoms with E-state index < -0.39 is 108 Å². The molecule has 0 unspecified atom stereocenters. The van der Waals surface area contributed by atoms with Crippen LogP contribution in [-0.4, -0.2) is 69.8 Å². The van der Waals surface area contributed by atoms with Crippen LogP contribution in [0, 0.1) is 43.9 Å². The molecule has 1 saturated carbocycles. The fourth-order valence-corrected chi connectivity index (χ4v) is 10.1. The number of carbonyl (C=O) groups excluding carboxylic acids is 4. The van der Waals surface area contributed by atoms with E-state index in [-0.39, 0.29) is 46.2 Å². The lowest BCUT2D eigenvalue weighted by Crippen LogP contribution is -2.53. The first-order valence-corrected chi connectivity index (χ1v) is 19.7. The standard InChI is InChI=1S/C41H32Cl2F3N7O10/c1-49(2)34-29(52(59)60)13-21(14-30(34)53(61)62)50-36(55)25-11-10-23-26(32(25)38(50)57)16-27-37(56)51(48-35-28(43)12-19(17-47-35)41(44,45)46)39(58)40(27,18-4-6-20(42)7-5-18)33(23)24-9-8-22(63-3)15-31(24)54/h4-10,12-15,17,25-27,32-33,54H,11,16H2,1-3H3,(H,47,48)/t25-,26+,27-,32-,33+,40+/m0/s1. The molecule has 3 fully saturated rings. The molecule has 3 heterocycles. The number of nitrogens with one attached hydrogen (secondary N) is 1. The molecule has 4 amide bonds. The molecule has 3 aromatic carbocycles. The molecule has 2 aliphatic carbocycles. The van der Waals surface area contributed by atoms with Gasteiger partial charge in [-0.1, -0.05) is 53.1 Å². The number of allylic oxidation sites excluding steroid dienone is 2. The van der Waals surface area contributed by atoms with E-state index in [4.69, 9.17) is 27.9 Å². The topological polar surface area (TPSA) is 219 Å². The first-order valence-electron chi connectivity index (χ1n) is 18.9. The first kappa shape index (κ1) is 42.9. The number of pyridine rings is 1. The van der Waals surface area contributed by atoms with E-state index in [9.17, 15) is 52.9 Å². The van der Waals surface area contributed by atoms with Crippen molar-refractivity contribution in [2.75, 3.05) is 36.4 Å². The Balaban J connectivity index is 1.31. The number of benzene rings is 3. The van der Waals surface area contributed by atoms with Crippen LogP contribution in [-0.2, 0) is 30.8 Å². The van der Waals surface area contributed by atoms with Crippen LogP contribution in [0.4, 0.5) is 41.7 Å². The molecule has 22 heteroatoms. The van der Waals surface area contributed by atoms with Crippen molar-refractivity contribution >= 4 is 75.4 Å². The van der Waals surface area contributed by atoms with Crippen molar-refractivity contribution < 1.29 is 52.0 Å². The third kappa shape index (κ3) is 6.57. The predicted molar refractivity (Wildman–Crippen MR) is 218 cm³/mol. The van der Waals surface area contributed by atoms with Gasteiger partial charge in [-0.25, -0.2) is 9.88 Å². The van der Waals surface area contributed by atoms with E-state index in [1.807, 2.05) is 0 Å². The number of hydrazine groups is 1. The van der Waals surface area contributed by atoms with E-state index in [0.29, 0.717) is 27.7 Å². The average Bonchev–Trinajstić information content (AvgIpc) is 3.61. The van der Waals surface area contributed by atoms with E-state index in [2.05, 4.69) is 10.4 Å². The number of carbonyl (C=O) groups is 4. The highest BCUT2D eigenvalue weighted by atomic mass is 35.5. The van der Waals surface area contributed by atoms with E-state index in [1.165, 1.54) is 63.7 Å². The zero-order valence-corrected chi connectivity index (χ0v) is 34.4. The van der Waals surface area contributed by atoms with Gasteiger partial charge < -0.3 is 14.7 Å². The summed E-state index contributed by atoms with van der Waals surface area (Å²) < 4.78 is 46.0. The Morgan fingerprint density at radius 3 is 2.14 bits per heavy atom. The molecule has 2 aliphatic heterocycles. The summed E-state index contributed by atoms with van der Waals surface area (Å²) in [5.74, 6) is -10.4. The summed E-state index contributed by atoms with van der Waals surface area (Å²) in [4.78, 5) is 87.9. The Labute approximate surface area is 363 Å². The molecule has 0 spiro atoms. The van der Waals surface area contributed by atoms with Gasteiger partial charge in [-0.05, 0) is 48.6 Å². The SMILES string of the molecule is COc1ccc([C@H]2C3=CC[C@@H]4C(=O)N(c5cc([N+](=O)[O-])c(N(C)C)c([N+](=O)[O-])c5)C(=O)[C@@H]4[C@@H]3C[C@H]3C(=O)N(Nc4ncc(C(F)(F)F)cc4Cl)C(=O)[C@@]23c2ccc(Cl)cc2)c(O)c1. The number of alkyl halides is 3. The van der Waals surface area contributed by atoms with E-state index in [1.54, 1.807) is 6.08 Å². The minimum Gasteiger partial charge on any atom is -0.508 e. The fraction of sp³-hybridized carbons (Fsp3) is 0.293. The largest absolute Gasteiger partial charge is 0.508 e. The van der Waals surface area contributed by atoms with Crippen LogP contribution >= 0.6 is 23.2 Å². The van der Waals surface area contributed by atoms with E-state index >= 15 is 4.79 Å². The summed E-state index contributed by atoms with van der Waals surface area (Å²) in [6.07, 6.45) is -3.16. The van der Waals surface area contributed by atoms with Crippen molar-refractivity contribution in [3.63, 3.8) is 0 Å². The van der Waals surface area contributed by atoms with Crippen LogP contribution < -0.4 is 20.0 Å². The Bertz CT molecular complexity index is 2680. The van der Waals surface area contributed by atoms with Crippen LogP contribution in [0.2, 0.25) is 10.0 Å². The molecule has 1 aromatic heterocycles. The Morgan fingerprint density at radius 2 is 1.59 bits per heavy atom.